The number of hydrogen-bond acceptors (Lipinski definition) is 3. The smallest absolute Gasteiger partial charge is 0.239 e. The second kappa shape index (κ2) is 9.13. The van der Waals surface area contributed by atoms with Crippen LogP contribution in [0.4, 0.5) is 0 Å². The van der Waals surface area contributed by atoms with Crippen LogP contribution in [0.5, 0.6) is 0 Å². The van der Waals surface area contributed by atoms with Gasteiger partial charge in [-0.2, -0.15) is 0 Å². The number of halogens is 1. The molecule has 0 aromatic heterocycles. The van der Waals surface area contributed by atoms with Crippen LogP contribution < -0.4 is 5.73 Å². The fourth-order valence-corrected chi connectivity index (χ4v) is 3.09. The number of benzene rings is 1. The maximum atomic E-state index is 12.4. The maximum absolute atomic E-state index is 12.4. The second-order valence-electron chi connectivity index (χ2n) is 5.89. The Labute approximate surface area is 139 Å². The Morgan fingerprint density at radius 3 is 2.73 bits per heavy atom. The van der Waals surface area contributed by atoms with Crippen molar-refractivity contribution in [2.45, 2.75) is 57.2 Å². The van der Waals surface area contributed by atoms with Crippen molar-refractivity contribution in [3.63, 3.8) is 0 Å². The summed E-state index contributed by atoms with van der Waals surface area (Å²) in [5.41, 5.74) is 6.87. The molecule has 22 heavy (non-hydrogen) atoms. The summed E-state index contributed by atoms with van der Waals surface area (Å²) in [5.74, 6) is 0.0413. The maximum Gasteiger partial charge on any atom is 0.239 e. The molecular formula is C17H27ClN2O2. The van der Waals surface area contributed by atoms with E-state index in [4.69, 9.17) is 5.73 Å². The highest BCUT2D eigenvalue weighted by Gasteiger charge is 2.32. The van der Waals surface area contributed by atoms with Gasteiger partial charge in [0.25, 0.3) is 0 Å². The van der Waals surface area contributed by atoms with Gasteiger partial charge in [-0.15, -0.1) is 12.4 Å². The van der Waals surface area contributed by atoms with Crippen LogP contribution in [0.25, 0.3) is 0 Å². The van der Waals surface area contributed by atoms with Crippen molar-refractivity contribution in [3.8, 4) is 0 Å². The van der Waals surface area contributed by atoms with Crippen molar-refractivity contribution in [1.29, 1.82) is 0 Å². The standard InChI is InChI=1S/C17H26N2O2.ClH/c1-2-7-15(18)17(21)19-11-6-10-14(19)12-16(20)13-8-4-3-5-9-13;/h3-5,8-9,14-16,20H,2,6-7,10-12,18H2,1H3;1H. The third-order valence-corrected chi connectivity index (χ3v) is 4.26. The molecule has 0 radical (unpaired) electrons. The molecule has 1 aliphatic heterocycles. The lowest BCUT2D eigenvalue weighted by atomic mass is 10.00. The Hall–Kier alpha value is -1.10. The van der Waals surface area contributed by atoms with Gasteiger partial charge in [0.1, 0.15) is 0 Å². The third-order valence-electron chi connectivity index (χ3n) is 4.26. The minimum atomic E-state index is -0.521. The summed E-state index contributed by atoms with van der Waals surface area (Å²) in [4.78, 5) is 14.3. The SMILES string of the molecule is CCCC(N)C(=O)N1CCCC1CC(O)c1ccccc1.Cl. The van der Waals surface area contributed by atoms with Crippen LogP contribution in [-0.4, -0.2) is 34.5 Å². The molecule has 1 aromatic carbocycles. The molecule has 1 saturated heterocycles. The van der Waals surface area contributed by atoms with E-state index in [1.54, 1.807) is 0 Å². The Morgan fingerprint density at radius 2 is 2.09 bits per heavy atom. The summed E-state index contributed by atoms with van der Waals surface area (Å²) in [6.07, 6.45) is 3.66. The van der Waals surface area contributed by atoms with E-state index >= 15 is 0 Å². The van der Waals surface area contributed by atoms with E-state index in [9.17, 15) is 9.90 Å². The number of nitrogens with zero attached hydrogens (tertiary/aromatic N) is 1. The summed E-state index contributed by atoms with van der Waals surface area (Å²) in [7, 11) is 0. The largest absolute Gasteiger partial charge is 0.388 e. The Morgan fingerprint density at radius 1 is 1.41 bits per heavy atom. The molecule has 1 heterocycles. The van der Waals surface area contributed by atoms with Crippen LogP contribution in [0, 0.1) is 0 Å². The third kappa shape index (κ3) is 4.70. The average Bonchev–Trinajstić information content (AvgIpc) is 2.95. The summed E-state index contributed by atoms with van der Waals surface area (Å²) in [6, 6.07) is 9.34. The van der Waals surface area contributed by atoms with Gasteiger partial charge in [0.05, 0.1) is 12.1 Å². The van der Waals surface area contributed by atoms with Crippen molar-refractivity contribution >= 4 is 18.3 Å². The number of amides is 1. The van der Waals surface area contributed by atoms with Crippen LogP contribution in [-0.2, 0) is 4.79 Å². The predicted octanol–water partition coefficient (Wildman–Crippen LogP) is 2.65. The van der Waals surface area contributed by atoms with Crippen LogP contribution in [0.3, 0.4) is 0 Å². The number of hydrogen-bond donors (Lipinski definition) is 2. The summed E-state index contributed by atoms with van der Waals surface area (Å²) in [6.45, 7) is 2.80. The normalized spacial score (nSPS) is 20.3. The molecular weight excluding hydrogens is 300 g/mol. The molecule has 2 rings (SSSR count). The lowest BCUT2D eigenvalue weighted by molar-refractivity contribution is -0.134. The topological polar surface area (TPSA) is 66.6 Å². The molecule has 0 bridgehead atoms. The number of aliphatic hydroxyl groups excluding tert-OH is 1. The fraction of sp³-hybridized carbons (Fsp3) is 0.588. The van der Waals surface area contributed by atoms with Gasteiger partial charge >= 0.3 is 0 Å². The van der Waals surface area contributed by atoms with Gasteiger partial charge in [-0.3, -0.25) is 4.79 Å². The molecule has 1 amide bonds. The fourth-order valence-electron chi connectivity index (χ4n) is 3.09. The minimum absolute atomic E-state index is 0. The molecule has 3 N–H and O–H groups in total. The van der Waals surface area contributed by atoms with Gasteiger partial charge in [-0.1, -0.05) is 43.7 Å². The molecule has 124 valence electrons. The molecule has 0 spiro atoms. The second-order valence-corrected chi connectivity index (χ2v) is 5.89. The van der Waals surface area contributed by atoms with E-state index in [1.807, 2.05) is 42.2 Å². The first-order chi connectivity index (χ1) is 10.1. The molecule has 1 fully saturated rings. The molecule has 0 saturated carbocycles. The van der Waals surface area contributed by atoms with E-state index in [2.05, 4.69) is 0 Å². The number of carbonyl (C=O) groups is 1. The quantitative estimate of drug-likeness (QED) is 0.844. The van der Waals surface area contributed by atoms with Gasteiger partial charge in [0.2, 0.25) is 5.91 Å². The first-order valence-corrected chi connectivity index (χ1v) is 7.92. The zero-order chi connectivity index (χ0) is 15.2. The van der Waals surface area contributed by atoms with Crippen molar-refractivity contribution < 1.29 is 9.90 Å². The first-order valence-electron chi connectivity index (χ1n) is 7.92. The lowest BCUT2D eigenvalue weighted by Gasteiger charge is -2.29. The van der Waals surface area contributed by atoms with Crippen molar-refractivity contribution in [2.75, 3.05) is 6.54 Å². The molecule has 5 heteroatoms. The number of rotatable bonds is 6. The van der Waals surface area contributed by atoms with Crippen LogP contribution in [0.15, 0.2) is 30.3 Å². The van der Waals surface area contributed by atoms with E-state index in [-0.39, 0.29) is 24.4 Å². The highest BCUT2D eigenvalue weighted by Crippen LogP contribution is 2.27. The average molecular weight is 327 g/mol. The van der Waals surface area contributed by atoms with Gasteiger partial charge < -0.3 is 15.7 Å². The van der Waals surface area contributed by atoms with E-state index in [1.165, 1.54) is 0 Å². The summed E-state index contributed by atoms with van der Waals surface area (Å²) >= 11 is 0. The van der Waals surface area contributed by atoms with E-state index in [0.29, 0.717) is 6.42 Å². The van der Waals surface area contributed by atoms with Crippen molar-refractivity contribution in [3.05, 3.63) is 35.9 Å². The first kappa shape index (κ1) is 18.9. The van der Waals surface area contributed by atoms with Crippen LogP contribution in [0.2, 0.25) is 0 Å². The molecule has 3 unspecified atom stereocenters. The van der Waals surface area contributed by atoms with Gasteiger partial charge in [0, 0.05) is 12.6 Å². The van der Waals surface area contributed by atoms with Crippen molar-refractivity contribution in [2.24, 2.45) is 5.73 Å². The molecule has 1 aliphatic rings. The lowest BCUT2D eigenvalue weighted by Crippen LogP contribution is -2.46. The zero-order valence-electron chi connectivity index (χ0n) is 13.1. The van der Waals surface area contributed by atoms with Crippen molar-refractivity contribution in [1.82, 2.24) is 4.90 Å². The highest BCUT2D eigenvalue weighted by atomic mass is 35.5. The molecule has 1 aromatic rings. The molecule has 0 aliphatic carbocycles. The number of aliphatic hydroxyl groups is 1. The minimum Gasteiger partial charge on any atom is -0.388 e. The number of carbonyl (C=O) groups excluding carboxylic acids is 1. The van der Waals surface area contributed by atoms with E-state index < -0.39 is 12.1 Å². The molecule has 3 atom stereocenters. The van der Waals surface area contributed by atoms with Gasteiger partial charge in [0.15, 0.2) is 0 Å². The Bertz CT molecular complexity index is 455. The van der Waals surface area contributed by atoms with Gasteiger partial charge in [-0.05, 0) is 31.2 Å². The van der Waals surface area contributed by atoms with Crippen LogP contribution in [0.1, 0.15) is 50.7 Å². The Balaban J connectivity index is 0.00000242. The van der Waals surface area contributed by atoms with Gasteiger partial charge in [-0.25, -0.2) is 0 Å². The monoisotopic (exact) mass is 326 g/mol. The Kier molecular flexibility index (Phi) is 7.87. The zero-order valence-corrected chi connectivity index (χ0v) is 14.0. The molecule has 4 nitrogen and oxygen atoms in total. The predicted molar refractivity (Wildman–Crippen MR) is 90.9 cm³/mol. The van der Waals surface area contributed by atoms with Crippen LogP contribution >= 0.6 is 12.4 Å². The highest BCUT2D eigenvalue weighted by molar-refractivity contribution is 5.85. The van der Waals surface area contributed by atoms with E-state index in [0.717, 1.165) is 37.8 Å². The summed E-state index contributed by atoms with van der Waals surface area (Å²) in [5, 5.41) is 10.4. The summed E-state index contributed by atoms with van der Waals surface area (Å²) < 4.78 is 0. The number of nitrogens with two attached hydrogens (primary N) is 1. The number of likely N-dealkylation sites (tertiary alicyclic amines) is 1.